The van der Waals surface area contributed by atoms with Crippen molar-refractivity contribution in [3.8, 4) is 0 Å². The van der Waals surface area contributed by atoms with Crippen molar-refractivity contribution in [3.63, 3.8) is 0 Å². The molecule has 0 saturated carbocycles. The molecule has 1 aromatic heterocycles. The number of benzene rings is 4. The number of nitrogens with zero attached hydrogens (tertiary/aromatic N) is 4. The van der Waals surface area contributed by atoms with E-state index >= 15 is 0 Å². The summed E-state index contributed by atoms with van der Waals surface area (Å²) in [6.07, 6.45) is 1.25. The predicted octanol–water partition coefficient (Wildman–Crippen LogP) is 5.30. The maximum Gasteiger partial charge on any atom is 0.270 e. The molecule has 0 aliphatic carbocycles. The standard InChI is InChI=1S/C37H39N7O6.2ClH/c1-41(2)20-16-39-35(46)27-13-14-30(32-33(27)40-29-12-5-4-10-25(29)34(32)45)38-15-7-17-42(3)18-8-19-43-36(47)26-11-6-9-23-21-24(44(49)50)22-28(31(23)26)37(43)48;;/h4-6,9-14,21-22,38H,7-8,15-20H2,1-3H3,(H,39,46)(H,40,45);2*1H. The summed E-state index contributed by atoms with van der Waals surface area (Å²) in [5.41, 5.74) is 2.35. The van der Waals surface area contributed by atoms with Crippen molar-refractivity contribution in [3.05, 3.63) is 104 Å². The number of carbonyl (C=O) groups is 3. The molecule has 0 bridgehead atoms. The van der Waals surface area contributed by atoms with Crippen LogP contribution in [0.5, 0.6) is 0 Å². The first-order valence-electron chi connectivity index (χ1n) is 16.6. The summed E-state index contributed by atoms with van der Waals surface area (Å²) >= 11 is 0. The number of H-pyrrole nitrogens is 1. The molecule has 15 heteroatoms. The van der Waals surface area contributed by atoms with Crippen LogP contribution in [-0.2, 0) is 0 Å². The maximum absolute atomic E-state index is 13.7. The fourth-order valence-corrected chi connectivity index (χ4v) is 6.49. The number of nitro benzene ring substituents is 1. The molecule has 1 aliphatic heterocycles. The molecule has 4 aromatic carbocycles. The Kier molecular flexibility index (Phi) is 12.9. The van der Waals surface area contributed by atoms with Crippen molar-refractivity contribution < 1.29 is 19.3 Å². The number of hydrogen-bond donors (Lipinski definition) is 3. The van der Waals surface area contributed by atoms with E-state index in [-0.39, 0.29) is 53.9 Å². The van der Waals surface area contributed by atoms with E-state index in [0.29, 0.717) is 88.5 Å². The molecule has 52 heavy (non-hydrogen) atoms. The van der Waals surface area contributed by atoms with Crippen LogP contribution in [0.3, 0.4) is 0 Å². The van der Waals surface area contributed by atoms with Crippen LogP contribution in [0, 0.1) is 10.1 Å². The molecule has 13 nitrogen and oxygen atoms in total. The number of carbonyl (C=O) groups excluding carboxylic acids is 3. The quantitative estimate of drug-likeness (QED) is 0.0450. The Hall–Kier alpha value is -5.08. The SMILES string of the molecule is CN(C)CCNC(=O)c1ccc(NCCCN(C)CCCN2C(=O)c3cccc4cc([N+](=O)[O-])cc(c34)C2=O)c2c(=O)c3ccccc3[nH]c12.Cl.Cl. The van der Waals surface area contributed by atoms with Gasteiger partial charge in [0.2, 0.25) is 0 Å². The molecule has 0 saturated heterocycles. The van der Waals surface area contributed by atoms with E-state index in [9.17, 15) is 29.3 Å². The second-order valence-corrected chi connectivity index (χ2v) is 12.8. The number of aromatic amines is 1. The van der Waals surface area contributed by atoms with Gasteiger partial charge in [0.1, 0.15) is 0 Å². The Bertz CT molecular complexity index is 2230. The van der Waals surface area contributed by atoms with Crippen molar-refractivity contribution in [2.24, 2.45) is 0 Å². The van der Waals surface area contributed by atoms with Gasteiger partial charge in [0.05, 0.1) is 27.0 Å². The van der Waals surface area contributed by atoms with Gasteiger partial charge in [-0.25, -0.2) is 0 Å². The van der Waals surface area contributed by atoms with Gasteiger partial charge in [-0.15, -0.1) is 24.8 Å². The van der Waals surface area contributed by atoms with Gasteiger partial charge >= 0.3 is 0 Å². The Morgan fingerprint density at radius 1 is 0.846 bits per heavy atom. The minimum absolute atomic E-state index is 0. The van der Waals surface area contributed by atoms with Gasteiger partial charge in [-0.3, -0.25) is 34.2 Å². The molecule has 0 spiro atoms. The van der Waals surface area contributed by atoms with Gasteiger partial charge in [-0.05, 0) is 82.8 Å². The molecule has 2 heterocycles. The lowest BCUT2D eigenvalue weighted by molar-refractivity contribution is -0.384. The highest BCUT2D eigenvalue weighted by atomic mass is 35.5. The third kappa shape index (κ3) is 8.02. The molecule has 0 unspecified atom stereocenters. The number of nitrogens with one attached hydrogen (secondary N) is 3. The second kappa shape index (κ2) is 17.0. The summed E-state index contributed by atoms with van der Waals surface area (Å²) in [7, 11) is 5.82. The normalized spacial score (nSPS) is 12.4. The van der Waals surface area contributed by atoms with E-state index in [1.807, 2.05) is 44.2 Å². The van der Waals surface area contributed by atoms with E-state index in [1.54, 1.807) is 36.4 Å². The number of non-ortho nitro benzene ring substituents is 1. The summed E-state index contributed by atoms with van der Waals surface area (Å²) in [4.78, 5) is 73.0. The molecule has 0 radical (unpaired) electrons. The number of hydrogen-bond acceptors (Lipinski definition) is 9. The Labute approximate surface area is 312 Å². The molecule has 5 aromatic rings. The molecule has 3 amide bonds. The van der Waals surface area contributed by atoms with Crippen LogP contribution >= 0.6 is 24.8 Å². The predicted molar refractivity (Wildman–Crippen MR) is 209 cm³/mol. The van der Waals surface area contributed by atoms with Crippen LogP contribution in [-0.4, -0.2) is 103 Å². The Morgan fingerprint density at radius 2 is 1.58 bits per heavy atom. The summed E-state index contributed by atoms with van der Waals surface area (Å²) in [5.74, 6) is -1.19. The van der Waals surface area contributed by atoms with Crippen LogP contribution in [0.15, 0.2) is 71.5 Å². The monoisotopic (exact) mass is 749 g/mol. The van der Waals surface area contributed by atoms with Gasteiger partial charge in [-0.2, -0.15) is 0 Å². The summed E-state index contributed by atoms with van der Waals surface area (Å²) in [6, 6.07) is 18.4. The van der Waals surface area contributed by atoms with E-state index in [4.69, 9.17) is 0 Å². The number of aromatic nitrogens is 1. The maximum atomic E-state index is 13.7. The Morgan fingerprint density at radius 3 is 2.33 bits per heavy atom. The van der Waals surface area contributed by atoms with Crippen LogP contribution in [0.25, 0.3) is 32.6 Å². The summed E-state index contributed by atoms with van der Waals surface area (Å²) < 4.78 is 0. The van der Waals surface area contributed by atoms with Crippen molar-refractivity contribution >= 4 is 86.5 Å². The molecule has 0 fully saturated rings. The molecule has 1 aliphatic rings. The third-order valence-electron chi connectivity index (χ3n) is 9.03. The average Bonchev–Trinajstić information content (AvgIpc) is 3.09. The first-order chi connectivity index (χ1) is 24.0. The lowest BCUT2D eigenvalue weighted by atomic mass is 9.93. The number of para-hydroxylation sites is 1. The first-order valence-corrected chi connectivity index (χ1v) is 16.6. The minimum Gasteiger partial charge on any atom is -0.384 e. The van der Waals surface area contributed by atoms with Crippen LogP contribution in [0.4, 0.5) is 11.4 Å². The fraction of sp³-hybridized carbons (Fsp3) is 0.297. The van der Waals surface area contributed by atoms with Crippen molar-refractivity contribution in [2.75, 3.05) is 65.7 Å². The number of pyridine rings is 1. The average molecular weight is 751 g/mol. The van der Waals surface area contributed by atoms with Crippen LogP contribution in [0.2, 0.25) is 0 Å². The highest BCUT2D eigenvalue weighted by molar-refractivity contribution is 6.25. The van der Waals surface area contributed by atoms with Gasteiger partial charge in [0.15, 0.2) is 5.43 Å². The van der Waals surface area contributed by atoms with Gasteiger partial charge in [-0.1, -0.05) is 24.3 Å². The Balaban J connectivity index is 0.00000302. The zero-order chi connectivity index (χ0) is 35.5. The van der Waals surface area contributed by atoms with Gasteiger partial charge < -0.3 is 25.4 Å². The number of halogens is 2. The fourth-order valence-electron chi connectivity index (χ4n) is 6.49. The highest BCUT2D eigenvalue weighted by Crippen LogP contribution is 2.33. The summed E-state index contributed by atoms with van der Waals surface area (Å²) in [6.45, 7) is 3.20. The first kappa shape index (κ1) is 39.7. The molecular weight excluding hydrogens is 709 g/mol. The number of nitro groups is 1. The highest BCUT2D eigenvalue weighted by Gasteiger charge is 2.34. The zero-order valence-corrected chi connectivity index (χ0v) is 30.7. The molecule has 274 valence electrons. The largest absolute Gasteiger partial charge is 0.384 e. The lowest BCUT2D eigenvalue weighted by Crippen LogP contribution is -2.41. The number of imide groups is 1. The second-order valence-electron chi connectivity index (χ2n) is 12.8. The number of anilines is 1. The number of amides is 3. The molecule has 6 rings (SSSR count). The topological polar surface area (TPSA) is 161 Å². The smallest absolute Gasteiger partial charge is 0.270 e. The molecular formula is C37H41Cl2N7O6. The molecule has 0 atom stereocenters. The third-order valence-corrected chi connectivity index (χ3v) is 9.03. The van der Waals surface area contributed by atoms with Gasteiger partial charge in [0.25, 0.3) is 23.4 Å². The minimum atomic E-state index is -0.537. The number of likely N-dealkylation sites (N-methyl/N-ethyl adjacent to an activating group) is 1. The van der Waals surface area contributed by atoms with E-state index in [0.717, 1.165) is 6.42 Å². The summed E-state index contributed by atoms with van der Waals surface area (Å²) in [5, 5.41) is 19.7. The van der Waals surface area contributed by atoms with E-state index < -0.39 is 16.7 Å². The molecule has 3 N–H and O–H groups in total. The zero-order valence-electron chi connectivity index (χ0n) is 29.1. The van der Waals surface area contributed by atoms with Crippen molar-refractivity contribution in [1.29, 1.82) is 0 Å². The number of fused-ring (bicyclic) bond motifs is 2. The van der Waals surface area contributed by atoms with Gasteiger partial charge in [0, 0.05) is 65.9 Å². The van der Waals surface area contributed by atoms with Crippen molar-refractivity contribution in [1.82, 2.24) is 25.0 Å². The van der Waals surface area contributed by atoms with E-state index in [1.165, 1.54) is 17.0 Å². The lowest BCUT2D eigenvalue weighted by Gasteiger charge is -2.27. The van der Waals surface area contributed by atoms with E-state index in [2.05, 4.69) is 20.5 Å². The van der Waals surface area contributed by atoms with Crippen LogP contribution < -0.4 is 16.1 Å². The van der Waals surface area contributed by atoms with Crippen LogP contribution in [0.1, 0.15) is 43.9 Å². The number of rotatable bonds is 14. The van der Waals surface area contributed by atoms with Crippen molar-refractivity contribution in [2.45, 2.75) is 12.8 Å².